The fourth-order valence-electron chi connectivity index (χ4n) is 4.04. The lowest BCUT2D eigenvalue weighted by Crippen LogP contribution is -2.65. The Morgan fingerprint density at radius 2 is 1.61 bits per heavy atom. The third-order valence-electron chi connectivity index (χ3n) is 5.75. The van der Waals surface area contributed by atoms with Gasteiger partial charge in [0.1, 0.15) is 48.8 Å². The van der Waals surface area contributed by atoms with E-state index in [1.165, 1.54) is 7.11 Å². The van der Waals surface area contributed by atoms with E-state index in [9.17, 15) is 25.5 Å². The van der Waals surface area contributed by atoms with Crippen LogP contribution in [-0.4, -0.2) is 107 Å². The van der Waals surface area contributed by atoms with Gasteiger partial charge in [0.15, 0.2) is 18.9 Å². The van der Waals surface area contributed by atoms with E-state index in [0.717, 1.165) is 5.56 Å². The molecule has 11 nitrogen and oxygen atoms in total. The number of aliphatic hydroxyl groups is 5. The van der Waals surface area contributed by atoms with E-state index in [1.54, 1.807) is 0 Å². The number of fused-ring (bicyclic) bond motifs is 1. The zero-order valence-electron chi connectivity index (χ0n) is 16.8. The van der Waals surface area contributed by atoms with Gasteiger partial charge in [0, 0.05) is 12.7 Å². The number of rotatable bonds is 5. The average Bonchev–Trinajstić information content (AvgIpc) is 2.80. The summed E-state index contributed by atoms with van der Waals surface area (Å²) in [6.45, 7) is -0.480. The Balaban J connectivity index is 1.44. The molecule has 0 amide bonds. The highest BCUT2D eigenvalue weighted by Crippen LogP contribution is 2.35. The van der Waals surface area contributed by atoms with E-state index in [4.69, 9.17) is 28.4 Å². The van der Waals surface area contributed by atoms with Crippen LogP contribution in [-0.2, 0) is 28.4 Å². The average molecular weight is 444 g/mol. The maximum atomic E-state index is 10.7. The van der Waals surface area contributed by atoms with Crippen LogP contribution < -0.4 is 0 Å². The highest BCUT2D eigenvalue weighted by Gasteiger charge is 2.52. The summed E-state index contributed by atoms with van der Waals surface area (Å²) in [7, 11) is 1.28. The van der Waals surface area contributed by atoms with Crippen LogP contribution in [0.1, 0.15) is 11.9 Å². The topological polar surface area (TPSA) is 157 Å². The second-order valence-corrected chi connectivity index (χ2v) is 7.74. The van der Waals surface area contributed by atoms with Crippen molar-refractivity contribution in [3.8, 4) is 0 Å². The maximum absolute atomic E-state index is 10.7. The van der Waals surface area contributed by atoms with Gasteiger partial charge in [-0.05, 0) is 0 Å². The highest BCUT2D eigenvalue weighted by molar-refractivity contribution is 5.16. The molecule has 3 fully saturated rings. The van der Waals surface area contributed by atoms with Gasteiger partial charge in [0.25, 0.3) is 0 Å². The molecule has 0 saturated carbocycles. The van der Waals surface area contributed by atoms with Crippen molar-refractivity contribution in [1.82, 2.24) is 0 Å². The van der Waals surface area contributed by atoms with E-state index in [-0.39, 0.29) is 6.61 Å². The van der Waals surface area contributed by atoms with Gasteiger partial charge in [-0.2, -0.15) is 0 Å². The molecule has 1 unspecified atom stereocenters. The normalized spacial score (nSPS) is 45.8. The lowest BCUT2D eigenvalue weighted by Gasteiger charge is -2.48. The lowest BCUT2D eigenvalue weighted by molar-refractivity contribution is -0.385. The monoisotopic (exact) mass is 444 g/mol. The summed E-state index contributed by atoms with van der Waals surface area (Å²) in [5, 5.41) is 51.4. The van der Waals surface area contributed by atoms with Crippen molar-refractivity contribution in [2.45, 2.75) is 67.7 Å². The zero-order chi connectivity index (χ0) is 22.1. The van der Waals surface area contributed by atoms with Gasteiger partial charge in [-0.1, -0.05) is 30.3 Å². The van der Waals surface area contributed by atoms with Crippen molar-refractivity contribution in [3.05, 3.63) is 35.9 Å². The molecule has 0 aromatic heterocycles. The molecule has 3 saturated heterocycles. The Hall–Kier alpha value is -1.22. The number of aliphatic hydroxyl groups excluding tert-OH is 5. The Labute approximate surface area is 178 Å². The summed E-state index contributed by atoms with van der Waals surface area (Å²) in [5.74, 6) is 0. The van der Waals surface area contributed by atoms with Crippen molar-refractivity contribution in [1.29, 1.82) is 0 Å². The Morgan fingerprint density at radius 3 is 2.29 bits per heavy atom. The smallest absolute Gasteiger partial charge is 0.187 e. The van der Waals surface area contributed by atoms with Crippen molar-refractivity contribution in [3.63, 3.8) is 0 Å². The molecule has 3 aliphatic heterocycles. The quantitative estimate of drug-likeness (QED) is 0.343. The van der Waals surface area contributed by atoms with Crippen molar-refractivity contribution in [2.75, 3.05) is 20.3 Å². The Morgan fingerprint density at radius 1 is 0.903 bits per heavy atom. The number of ether oxygens (including phenoxy) is 6. The summed E-state index contributed by atoms with van der Waals surface area (Å²) in [6.07, 6.45) is -13.1. The summed E-state index contributed by atoms with van der Waals surface area (Å²) < 4.78 is 33.3. The van der Waals surface area contributed by atoms with Crippen LogP contribution in [0.2, 0.25) is 0 Å². The van der Waals surface area contributed by atoms with Crippen LogP contribution in [0.15, 0.2) is 30.3 Å². The SMILES string of the molecule is CO[C@@H]1O[C@H](CO)[C@@H](O[C@@H]2O[C@@H]3COC(c4ccccc4)O[C@@H]3[C@H](O)[C@H]2O)[C@H](O)[C@H]1O. The van der Waals surface area contributed by atoms with Crippen LogP contribution in [0.3, 0.4) is 0 Å². The van der Waals surface area contributed by atoms with E-state index in [0.29, 0.717) is 0 Å². The first-order valence-electron chi connectivity index (χ1n) is 10.1. The predicted molar refractivity (Wildman–Crippen MR) is 100 cm³/mol. The molecular weight excluding hydrogens is 416 g/mol. The molecule has 3 aliphatic rings. The van der Waals surface area contributed by atoms with Gasteiger partial charge < -0.3 is 54.0 Å². The molecule has 31 heavy (non-hydrogen) atoms. The van der Waals surface area contributed by atoms with E-state index in [2.05, 4.69) is 0 Å². The molecule has 0 spiro atoms. The molecule has 1 aromatic carbocycles. The number of methoxy groups -OCH3 is 1. The number of hydrogen-bond donors (Lipinski definition) is 5. The standard InChI is InChI=1S/C20H28O11/c1-26-19-14(24)12(22)16(10(7-21)28-19)31-20-15(25)13(23)17-11(29-20)8-27-18(30-17)9-5-3-2-4-6-9/h2-6,10-25H,7-8H2,1H3/t10-,11-,12-,13-,14-,15-,16-,17+,18?,19-,20+/m1/s1. The van der Waals surface area contributed by atoms with Crippen molar-refractivity contribution < 1.29 is 54.0 Å². The molecule has 11 heteroatoms. The van der Waals surface area contributed by atoms with Crippen LogP contribution in [0, 0.1) is 0 Å². The second kappa shape index (κ2) is 9.73. The molecule has 5 N–H and O–H groups in total. The van der Waals surface area contributed by atoms with Gasteiger partial charge in [0.2, 0.25) is 0 Å². The molecular formula is C20H28O11. The zero-order valence-corrected chi connectivity index (χ0v) is 16.8. The van der Waals surface area contributed by atoms with E-state index >= 15 is 0 Å². The van der Waals surface area contributed by atoms with Gasteiger partial charge in [0.05, 0.1) is 13.2 Å². The number of hydrogen-bond acceptors (Lipinski definition) is 11. The predicted octanol–water partition coefficient (Wildman–Crippen LogP) is -1.98. The van der Waals surface area contributed by atoms with Gasteiger partial charge >= 0.3 is 0 Å². The molecule has 4 rings (SSSR count). The first-order valence-corrected chi connectivity index (χ1v) is 10.1. The fourth-order valence-corrected chi connectivity index (χ4v) is 4.04. The van der Waals surface area contributed by atoms with Crippen molar-refractivity contribution >= 4 is 0 Å². The highest BCUT2D eigenvalue weighted by atomic mass is 16.8. The second-order valence-electron chi connectivity index (χ2n) is 7.74. The van der Waals surface area contributed by atoms with Crippen LogP contribution in [0.4, 0.5) is 0 Å². The van der Waals surface area contributed by atoms with Crippen LogP contribution in [0.5, 0.6) is 0 Å². The Bertz CT molecular complexity index is 702. The minimum absolute atomic E-state index is 0.0649. The Kier molecular flexibility index (Phi) is 7.20. The summed E-state index contributed by atoms with van der Waals surface area (Å²) in [4.78, 5) is 0. The third-order valence-corrected chi connectivity index (χ3v) is 5.75. The van der Waals surface area contributed by atoms with Gasteiger partial charge in [-0.15, -0.1) is 0 Å². The summed E-state index contributed by atoms with van der Waals surface area (Å²) in [5.41, 5.74) is 0.760. The largest absolute Gasteiger partial charge is 0.394 e. The molecule has 0 radical (unpaired) electrons. The van der Waals surface area contributed by atoms with Gasteiger partial charge in [-0.25, -0.2) is 0 Å². The first-order chi connectivity index (χ1) is 14.9. The third kappa shape index (κ3) is 4.49. The first kappa shape index (κ1) is 23.0. The lowest BCUT2D eigenvalue weighted by atomic mass is 9.96. The minimum Gasteiger partial charge on any atom is -0.394 e. The molecule has 3 heterocycles. The molecule has 11 atom stereocenters. The molecule has 174 valence electrons. The molecule has 0 aliphatic carbocycles. The fraction of sp³-hybridized carbons (Fsp3) is 0.700. The number of benzene rings is 1. The molecule has 0 bridgehead atoms. The minimum atomic E-state index is -1.53. The van der Waals surface area contributed by atoms with Crippen molar-refractivity contribution in [2.24, 2.45) is 0 Å². The van der Waals surface area contributed by atoms with Gasteiger partial charge in [-0.3, -0.25) is 0 Å². The summed E-state index contributed by atoms with van der Waals surface area (Å²) in [6, 6.07) is 9.16. The molecule has 1 aromatic rings. The maximum Gasteiger partial charge on any atom is 0.187 e. The summed E-state index contributed by atoms with van der Waals surface area (Å²) >= 11 is 0. The van der Waals surface area contributed by atoms with Crippen LogP contribution in [0.25, 0.3) is 0 Å². The van der Waals surface area contributed by atoms with E-state index in [1.807, 2.05) is 30.3 Å². The van der Waals surface area contributed by atoms with Crippen LogP contribution >= 0.6 is 0 Å². The van der Waals surface area contributed by atoms with E-state index < -0.39 is 74.3 Å².